The van der Waals surface area contributed by atoms with E-state index in [-0.39, 0.29) is 17.8 Å². The number of nitrogens with zero attached hydrogens (tertiary/aromatic N) is 1. The Bertz CT molecular complexity index is 614. The van der Waals surface area contributed by atoms with Crippen LogP contribution >= 0.6 is 22.6 Å². The number of benzene rings is 1. The molecule has 21 heavy (non-hydrogen) atoms. The summed E-state index contributed by atoms with van der Waals surface area (Å²) in [6.07, 6.45) is 1.61. The molecule has 1 heterocycles. The molecule has 6 heteroatoms. The Morgan fingerprint density at radius 1 is 1.43 bits per heavy atom. The second-order valence-corrected chi connectivity index (χ2v) is 5.99. The lowest BCUT2D eigenvalue weighted by atomic mass is 10.1. The van der Waals surface area contributed by atoms with Crippen LogP contribution in [0.1, 0.15) is 22.2 Å². The van der Waals surface area contributed by atoms with Gasteiger partial charge in [-0.15, -0.1) is 0 Å². The van der Waals surface area contributed by atoms with Crippen LogP contribution in [-0.2, 0) is 0 Å². The molecule has 1 N–H and O–H groups in total. The molecule has 1 amide bonds. The molecule has 0 spiro atoms. The maximum absolute atomic E-state index is 13.1. The van der Waals surface area contributed by atoms with E-state index in [1.165, 1.54) is 18.2 Å². The van der Waals surface area contributed by atoms with Crippen molar-refractivity contribution in [3.8, 4) is 0 Å². The lowest BCUT2D eigenvalue weighted by molar-refractivity contribution is 0.0938. The van der Waals surface area contributed by atoms with Gasteiger partial charge in [0.05, 0.1) is 17.9 Å². The second kappa shape index (κ2) is 7.04. The summed E-state index contributed by atoms with van der Waals surface area (Å²) < 4.78 is 19.0. The van der Waals surface area contributed by atoms with Gasteiger partial charge >= 0.3 is 0 Å². The third-order valence-electron chi connectivity index (χ3n) is 3.13. The molecule has 4 nitrogen and oxygen atoms in total. The molecular formula is C15H16FIN2O2. The van der Waals surface area contributed by atoms with Gasteiger partial charge in [-0.05, 0) is 67.0 Å². The summed E-state index contributed by atoms with van der Waals surface area (Å²) in [7, 11) is 3.84. The van der Waals surface area contributed by atoms with Crippen LogP contribution in [-0.4, -0.2) is 31.4 Å². The molecule has 0 radical (unpaired) electrons. The first-order valence-corrected chi connectivity index (χ1v) is 7.50. The fraction of sp³-hybridized carbons (Fsp3) is 0.267. The molecule has 112 valence electrons. The Morgan fingerprint density at radius 3 is 2.76 bits per heavy atom. The average molecular weight is 402 g/mol. The van der Waals surface area contributed by atoms with Crippen LogP contribution in [0.4, 0.5) is 4.39 Å². The summed E-state index contributed by atoms with van der Waals surface area (Å²) in [5.74, 6) is 0.213. The summed E-state index contributed by atoms with van der Waals surface area (Å²) in [5.41, 5.74) is 0.467. The van der Waals surface area contributed by atoms with Crippen LogP contribution in [0.25, 0.3) is 0 Å². The highest BCUT2D eigenvalue weighted by Crippen LogP contribution is 2.18. The van der Waals surface area contributed by atoms with Gasteiger partial charge in [0, 0.05) is 10.1 Å². The highest BCUT2D eigenvalue weighted by molar-refractivity contribution is 14.1. The average Bonchev–Trinajstić information content (AvgIpc) is 2.92. The Kier molecular flexibility index (Phi) is 5.35. The van der Waals surface area contributed by atoms with Gasteiger partial charge < -0.3 is 9.73 Å². The monoisotopic (exact) mass is 402 g/mol. The minimum absolute atomic E-state index is 0.0536. The standard InChI is InChI=1S/C15H16FIN2O2/c1-19(2)13(14-4-3-7-21-14)9-18-15(20)11-6-5-10(16)8-12(11)17/h3-8,13H,9H2,1-2H3,(H,18,20). The van der Waals surface area contributed by atoms with E-state index >= 15 is 0 Å². The van der Waals surface area contributed by atoms with E-state index in [0.717, 1.165) is 5.76 Å². The van der Waals surface area contributed by atoms with Gasteiger partial charge in [-0.1, -0.05) is 0 Å². The Labute approximate surface area is 136 Å². The van der Waals surface area contributed by atoms with Gasteiger partial charge in [-0.2, -0.15) is 0 Å². The van der Waals surface area contributed by atoms with E-state index in [1.807, 2.05) is 53.7 Å². The highest BCUT2D eigenvalue weighted by Gasteiger charge is 2.19. The molecule has 0 bridgehead atoms. The van der Waals surface area contributed by atoms with E-state index < -0.39 is 0 Å². The fourth-order valence-corrected chi connectivity index (χ4v) is 2.70. The van der Waals surface area contributed by atoms with E-state index in [1.54, 1.807) is 6.26 Å². The van der Waals surface area contributed by atoms with Crippen molar-refractivity contribution in [1.82, 2.24) is 10.2 Å². The molecule has 1 unspecified atom stereocenters. The summed E-state index contributed by atoms with van der Waals surface area (Å²) in [6, 6.07) is 7.75. The van der Waals surface area contributed by atoms with Gasteiger partial charge in [0.1, 0.15) is 11.6 Å². The zero-order valence-corrected chi connectivity index (χ0v) is 13.9. The molecule has 2 rings (SSSR count). The first-order chi connectivity index (χ1) is 9.99. The molecule has 1 aromatic heterocycles. The van der Waals surface area contributed by atoms with Crippen LogP contribution in [0.15, 0.2) is 41.0 Å². The van der Waals surface area contributed by atoms with Crippen molar-refractivity contribution in [2.24, 2.45) is 0 Å². The lowest BCUT2D eigenvalue weighted by Gasteiger charge is -2.22. The first kappa shape index (κ1) is 16.0. The second-order valence-electron chi connectivity index (χ2n) is 4.83. The predicted molar refractivity (Wildman–Crippen MR) is 86.6 cm³/mol. The minimum atomic E-state index is -0.349. The lowest BCUT2D eigenvalue weighted by Crippen LogP contribution is -2.34. The molecule has 0 saturated heterocycles. The number of nitrogens with one attached hydrogen (secondary N) is 1. The van der Waals surface area contributed by atoms with Crippen LogP contribution in [0.3, 0.4) is 0 Å². The summed E-state index contributed by atoms with van der Waals surface area (Å²) >= 11 is 1.95. The third kappa shape index (κ3) is 4.04. The zero-order chi connectivity index (χ0) is 15.4. The number of halogens is 2. The van der Waals surface area contributed by atoms with Gasteiger partial charge in [0.15, 0.2) is 0 Å². The van der Waals surface area contributed by atoms with Crippen molar-refractivity contribution >= 4 is 28.5 Å². The van der Waals surface area contributed by atoms with Gasteiger partial charge in [0.25, 0.3) is 5.91 Å². The Morgan fingerprint density at radius 2 is 2.19 bits per heavy atom. The van der Waals surface area contributed by atoms with Crippen molar-refractivity contribution in [1.29, 1.82) is 0 Å². The summed E-state index contributed by atoms with van der Waals surface area (Å²) in [4.78, 5) is 14.2. The third-order valence-corrected chi connectivity index (χ3v) is 4.02. The zero-order valence-electron chi connectivity index (χ0n) is 11.8. The van der Waals surface area contributed by atoms with Crippen molar-refractivity contribution in [2.45, 2.75) is 6.04 Å². The molecule has 0 aliphatic carbocycles. The van der Waals surface area contributed by atoms with E-state index in [0.29, 0.717) is 15.7 Å². The normalized spacial score (nSPS) is 12.4. The highest BCUT2D eigenvalue weighted by atomic mass is 127. The number of hydrogen-bond acceptors (Lipinski definition) is 3. The van der Waals surface area contributed by atoms with Gasteiger partial charge in [0.2, 0.25) is 0 Å². The largest absolute Gasteiger partial charge is 0.468 e. The van der Waals surface area contributed by atoms with Crippen molar-refractivity contribution < 1.29 is 13.6 Å². The first-order valence-electron chi connectivity index (χ1n) is 6.42. The summed E-state index contributed by atoms with van der Waals surface area (Å²) in [5, 5.41) is 2.86. The SMILES string of the molecule is CN(C)C(CNC(=O)c1ccc(F)cc1I)c1ccco1. The molecule has 1 aromatic carbocycles. The molecule has 0 aliphatic rings. The maximum Gasteiger partial charge on any atom is 0.252 e. The maximum atomic E-state index is 13.1. The number of likely N-dealkylation sites (N-methyl/N-ethyl adjacent to an activating group) is 1. The number of furan rings is 1. The van der Waals surface area contributed by atoms with Crippen LogP contribution in [0.2, 0.25) is 0 Å². The number of carbonyl (C=O) groups is 1. The number of carbonyl (C=O) groups excluding carboxylic acids is 1. The van der Waals surface area contributed by atoms with Crippen molar-refractivity contribution in [2.75, 3.05) is 20.6 Å². The topological polar surface area (TPSA) is 45.5 Å². The van der Waals surface area contributed by atoms with Crippen LogP contribution in [0.5, 0.6) is 0 Å². The molecule has 1 atom stereocenters. The molecule has 2 aromatic rings. The van der Waals surface area contributed by atoms with Crippen molar-refractivity contribution in [3.63, 3.8) is 0 Å². The van der Waals surface area contributed by atoms with E-state index in [9.17, 15) is 9.18 Å². The van der Waals surface area contributed by atoms with Crippen LogP contribution < -0.4 is 5.32 Å². The molecule has 0 fully saturated rings. The predicted octanol–water partition coefficient (Wildman–Crippen LogP) is 3.06. The number of amides is 1. The van der Waals surface area contributed by atoms with Crippen molar-refractivity contribution in [3.05, 3.63) is 57.3 Å². The van der Waals surface area contributed by atoms with E-state index in [4.69, 9.17) is 4.42 Å². The molecular weight excluding hydrogens is 386 g/mol. The van der Waals surface area contributed by atoms with E-state index in [2.05, 4.69) is 5.32 Å². The van der Waals surface area contributed by atoms with Gasteiger partial charge in [-0.25, -0.2) is 4.39 Å². The fourth-order valence-electron chi connectivity index (χ4n) is 1.98. The Hall–Kier alpha value is -1.41. The summed E-state index contributed by atoms with van der Waals surface area (Å²) in [6.45, 7) is 0.410. The molecule has 0 saturated carbocycles. The van der Waals surface area contributed by atoms with Gasteiger partial charge in [-0.3, -0.25) is 9.69 Å². The van der Waals surface area contributed by atoms with Crippen LogP contribution in [0, 0.1) is 9.39 Å². The quantitative estimate of drug-likeness (QED) is 0.783. The molecule has 0 aliphatic heterocycles. The Balaban J connectivity index is 2.05. The minimum Gasteiger partial charge on any atom is -0.468 e. The number of rotatable bonds is 5. The smallest absolute Gasteiger partial charge is 0.252 e. The number of hydrogen-bond donors (Lipinski definition) is 1.